The summed E-state index contributed by atoms with van der Waals surface area (Å²) in [6.45, 7) is 2.15. The monoisotopic (exact) mass is 477 g/mol. The predicted molar refractivity (Wildman–Crippen MR) is 112 cm³/mol. The van der Waals surface area contributed by atoms with Gasteiger partial charge in [0, 0.05) is 35.2 Å². The molecular formula is C21H23ClF3NO6. The molecule has 11 heteroatoms. The molecule has 7 nitrogen and oxygen atoms in total. The van der Waals surface area contributed by atoms with Gasteiger partial charge in [-0.1, -0.05) is 11.6 Å². The molecule has 1 heterocycles. The van der Waals surface area contributed by atoms with Gasteiger partial charge in [-0.2, -0.15) is 13.2 Å². The van der Waals surface area contributed by atoms with E-state index in [1.807, 2.05) is 0 Å². The van der Waals surface area contributed by atoms with E-state index in [0.717, 1.165) is 10.6 Å². The highest BCUT2D eigenvalue weighted by atomic mass is 35.5. The molecular weight excluding hydrogens is 455 g/mol. The van der Waals surface area contributed by atoms with Crippen LogP contribution in [-0.2, 0) is 9.53 Å². The van der Waals surface area contributed by atoms with Crippen LogP contribution in [0.2, 0.25) is 5.02 Å². The van der Waals surface area contributed by atoms with Gasteiger partial charge in [-0.05, 0) is 32.0 Å². The van der Waals surface area contributed by atoms with Crippen molar-refractivity contribution in [2.45, 2.75) is 38.6 Å². The number of ether oxygens (including phenoxy) is 3. The second-order valence-electron chi connectivity index (χ2n) is 7.11. The van der Waals surface area contributed by atoms with Gasteiger partial charge in [-0.25, -0.2) is 4.79 Å². The number of benzene rings is 1. The second kappa shape index (κ2) is 10.7. The van der Waals surface area contributed by atoms with Crippen LogP contribution in [-0.4, -0.2) is 48.2 Å². The smallest absolute Gasteiger partial charge is 0.422 e. The molecule has 2 rings (SSSR count). The second-order valence-corrected chi connectivity index (χ2v) is 7.54. The molecule has 0 amide bonds. The lowest BCUT2D eigenvalue weighted by Gasteiger charge is -2.20. The maximum absolute atomic E-state index is 12.8. The minimum absolute atomic E-state index is 0.0209. The average molecular weight is 478 g/mol. The number of halogens is 4. The van der Waals surface area contributed by atoms with Crippen LogP contribution in [0.15, 0.2) is 35.3 Å². The largest absolute Gasteiger partial charge is 0.495 e. The van der Waals surface area contributed by atoms with Crippen molar-refractivity contribution < 1.29 is 37.3 Å². The molecule has 176 valence electrons. The molecule has 1 unspecified atom stereocenters. The number of aliphatic carboxylic acids is 1. The molecule has 0 aliphatic heterocycles. The minimum Gasteiger partial charge on any atom is -0.495 e. The van der Waals surface area contributed by atoms with Gasteiger partial charge in [0.2, 0.25) is 0 Å². The topological polar surface area (TPSA) is 87.0 Å². The van der Waals surface area contributed by atoms with Gasteiger partial charge in [-0.15, -0.1) is 0 Å². The Bertz CT molecular complexity index is 1010. The predicted octanol–water partition coefficient (Wildman–Crippen LogP) is 4.56. The molecule has 0 radical (unpaired) electrons. The van der Waals surface area contributed by atoms with Gasteiger partial charge in [0.05, 0.1) is 19.4 Å². The third-order valence-electron chi connectivity index (χ3n) is 4.35. The van der Waals surface area contributed by atoms with Crippen LogP contribution in [0.5, 0.6) is 11.5 Å². The summed E-state index contributed by atoms with van der Waals surface area (Å²) in [6, 6.07) is 3.77. The third kappa shape index (κ3) is 6.89. The summed E-state index contributed by atoms with van der Waals surface area (Å²) in [7, 11) is 1.28. The highest BCUT2D eigenvalue weighted by Crippen LogP contribution is 2.38. The molecule has 1 N–H and O–H groups in total. The first-order valence-corrected chi connectivity index (χ1v) is 9.94. The fraction of sp³-hybridized carbons (Fsp3) is 0.429. The zero-order chi connectivity index (χ0) is 24.1. The van der Waals surface area contributed by atoms with Gasteiger partial charge >= 0.3 is 12.1 Å². The first-order chi connectivity index (χ1) is 14.9. The highest BCUT2D eigenvalue weighted by molar-refractivity contribution is 6.31. The Morgan fingerprint density at radius 2 is 1.84 bits per heavy atom. The Morgan fingerprint density at radius 3 is 2.41 bits per heavy atom. The standard InChI is InChI=1S/C21H23ClF3NO6/c1-12(2)31-7-6-16(20(28)29)26-10-18(30-3)15(9-19(26)27)14-8-13(22)4-5-17(14)32-11-21(23,24)25/h4-5,8-10,12,16H,6-7,11H2,1-3H3,(H,28,29). The summed E-state index contributed by atoms with van der Waals surface area (Å²) < 4.78 is 54.5. The van der Waals surface area contributed by atoms with E-state index in [1.165, 1.54) is 31.5 Å². The van der Waals surface area contributed by atoms with Crippen molar-refractivity contribution >= 4 is 17.6 Å². The molecule has 0 saturated carbocycles. The Kier molecular flexibility index (Phi) is 8.57. The third-order valence-corrected chi connectivity index (χ3v) is 4.59. The number of pyridine rings is 1. The summed E-state index contributed by atoms with van der Waals surface area (Å²) in [5, 5.41) is 9.79. The van der Waals surface area contributed by atoms with E-state index < -0.39 is 30.4 Å². The van der Waals surface area contributed by atoms with Crippen LogP contribution in [0.25, 0.3) is 11.1 Å². The van der Waals surface area contributed by atoms with Crippen LogP contribution >= 0.6 is 11.6 Å². The lowest BCUT2D eigenvalue weighted by molar-refractivity contribution is -0.153. The summed E-state index contributed by atoms with van der Waals surface area (Å²) in [4.78, 5) is 24.5. The summed E-state index contributed by atoms with van der Waals surface area (Å²) in [5.74, 6) is -1.35. The van der Waals surface area contributed by atoms with Crippen molar-refractivity contribution in [2.24, 2.45) is 0 Å². The lowest BCUT2D eigenvalue weighted by atomic mass is 10.0. The van der Waals surface area contributed by atoms with Gasteiger partial charge in [0.15, 0.2) is 6.61 Å². The lowest BCUT2D eigenvalue weighted by Crippen LogP contribution is -2.30. The number of hydrogen-bond acceptors (Lipinski definition) is 5. The average Bonchev–Trinajstić information content (AvgIpc) is 2.69. The molecule has 0 fully saturated rings. The number of carboxylic acids is 1. The Hall–Kier alpha value is -2.72. The van der Waals surface area contributed by atoms with Crippen LogP contribution in [0.3, 0.4) is 0 Å². The van der Waals surface area contributed by atoms with Crippen molar-refractivity contribution in [2.75, 3.05) is 20.3 Å². The van der Waals surface area contributed by atoms with E-state index in [9.17, 15) is 27.9 Å². The van der Waals surface area contributed by atoms with Crippen molar-refractivity contribution in [3.8, 4) is 22.6 Å². The normalized spacial score (nSPS) is 12.6. The van der Waals surface area contributed by atoms with E-state index in [2.05, 4.69) is 0 Å². The molecule has 0 spiro atoms. The number of rotatable bonds is 10. The SMILES string of the molecule is COc1cn(C(CCOC(C)C)C(=O)O)c(=O)cc1-c1cc(Cl)ccc1OCC(F)(F)F. The van der Waals surface area contributed by atoms with E-state index in [1.54, 1.807) is 13.8 Å². The van der Waals surface area contributed by atoms with E-state index >= 15 is 0 Å². The van der Waals surface area contributed by atoms with E-state index in [4.69, 9.17) is 25.8 Å². The minimum atomic E-state index is -4.57. The maximum Gasteiger partial charge on any atom is 0.422 e. The molecule has 0 aliphatic carbocycles. The van der Waals surface area contributed by atoms with E-state index in [-0.39, 0.29) is 46.8 Å². The molecule has 32 heavy (non-hydrogen) atoms. The maximum atomic E-state index is 12.8. The van der Waals surface area contributed by atoms with Gasteiger partial charge in [-0.3, -0.25) is 9.36 Å². The fourth-order valence-electron chi connectivity index (χ4n) is 2.94. The fourth-order valence-corrected chi connectivity index (χ4v) is 3.11. The summed E-state index contributed by atoms with van der Waals surface area (Å²) in [5.41, 5.74) is -0.492. The molecule has 0 bridgehead atoms. The first kappa shape index (κ1) is 25.5. The number of carboxylic acid groups (broad SMARTS) is 1. The van der Waals surface area contributed by atoms with Crippen LogP contribution < -0.4 is 15.0 Å². The highest BCUT2D eigenvalue weighted by Gasteiger charge is 2.29. The van der Waals surface area contributed by atoms with Gasteiger partial charge < -0.3 is 19.3 Å². The molecule has 0 saturated heterocycles. The summed E-state index contributed by atoms with van der Waals surface area (Å²) >= 11 is 6.00. The molecule has 1 atom stereocenters. The zero-order valence-electron chi connectivity index (χ0n) is 17.6. The van der Waals surface area contributed by atoms with Crippen LogP contribution in [0.4, 0.5) is 13.2 Å². The number of methoxy groups -OCH3 is 1. The zero-order valence-corrected chi connectivity index (χ0v) is 18.4. The van der Waals surface area contributed by atoms with Gasteiger partial charge in [0.1, 0.15) is 17.5 Å². The summed E-state index contributed by atoms with van der Waals surface area (Å²) in [6.07, 6.45) is -3.47. The van der Waals surface area contributed by atoms with Crippen molar-refractivity contribution in [3.05, 3.63) is 45.8 Å². The van der Waals surface area contributed by atoms with Crippen LogP contribution in [0, 0.1) is 0 Å². The number of alkyl halides is 3. The Morgan fingerprint density at radius 1 is 1.19 bits per heavy atom. The molecule has 2 aromatic rings. The first-order valence-electron chi connectivity index (χ1n) is 9.57. The molecule has 1 aromatic carbocycles. The van der Waals surface area contributed by atoms with Crippen LogP contribution in [0.1, 0.15) is 26.3 Å². The van der Waals surface area contributed by atoms with E-state index in [0.29, 0.717) is 0 Å². The number of aromatic nitrogens is 1. The van der Waals surface area contributed by atoms with Crippen molar-refractivity contribution in [1.29, 1.82) is 0 Å². The molecule has 0 aliphatic rings. The number of hydrogen-bond donors (Lipinski definition) is 1. The number of carbonyl (C=O) groups is 1. The quantitative estimate of drug-likeness (QED) is 0.540. The van der Waals surface area contributed by atoms with Crippen molar-refractivity contribution in [1.82, 2.24) is 4.57 Å². The number of nitrogens with zero attached hydrogens (tertiary/aromatic N) is 1. The Labute approximate surface area is 187 Å². The molecule has 1 aromatic heterocycles. The Balaban J connectivity index is 2.51. The van der Waals surface area contributed by atoms with Gasteiger partial charge in [0.25, 0.3) is 5.56 Å². The van der Waals surface area contributed by atoms with Crippen molar-refractivity contribution in [3.63, 3.8) is 0 Å².